The van der Waals surface area contributed by atoms with Gasteiger partial charge in [-0.25, -0.2) is 13.8 Å². The van der Waals surface area contributed by atoms with E-state index in [0.29, 0.717) is 11.6 Å². The molecule has 2 nitrogen and oxygen atoms in total. The van der Waals surface area contributed by atoms with Gasteiger partial charge in [-0.3, -0.25) is 0 Å². The number of aromatic nitrogens is 1. The van der Waals surface area contributed by atoms with Crippen LogP contribution in [-0.4, -0.2) is 11.5 Å². The van der Waals surface area contributed by atoms with Crippen molar-refractivity contribution < 1.29 is 8.78 Å². The van der Waals surface area contributed by atoms with E-state index >= 15 is 0 Å². The van der Waals surface area contributed by atoms with Gasteiger partial charge < -0.3 is 5.32 Å². The minimum atomic E-state index is -0.558. The molecule has 1 atom stereocenters. The molecular weight excluding hydrogens is 290 g/mol. The predicted octanol–water partition coefficient (Wildman–Crippen LogP) is 4.42. The number of nitrogens with zero attached hydrogens (tertiary/aromatic N) is 1. The molecule has 0 saturated carbocycles. The zero-order chi connectivity index (χ0) is 15.6. The summed E-state index contributed by atoms with van der Waals surface area (Å²) < 4.78 is 28.1. The first-order chi connectivity index (χ1) is 9.84. The van der Waals surface area contributed by atoms with E-state index in [0.717, 1.165) is 5.69 Å². The highest BCUT2D eigenvalue weighted by Gasteiger charge is 2.26. The minimum Gasteiger partial charge on any atom is -0.304 e. The maximum absolute atomic E-state index is 14.0. The van der Waals surface area contributed by atoms with Gasteiger partial charge in [-0.05, 0) is 18.7 Å². The van der Waals surface area contributed by atoms with E-state index in [2.05, 4.69) is 31.1 Å². The van der Waals surface area contributed by atoms with Gasteiger partial charge >= 0.3 is 0 Å². The summed E-state index contributed by atoms with van der Waals surface area (Å²) in [6.07, 6.45) is 0. The summed E-state index contributed by atoms with van der Waals surface area (Å²) in [6.45, 7) is 8.71. The molecule has 1 heterocycles. The Kier molecular flexibility index (Phi) is 4.74. The number of nitrogens with one attached hydrogen (secondary N) is 1. The van der Waals surface area contributed by atoms with Crippen molar-refractivity contribution in [2.24, 2.45) is 0 Å². The molecule has 0 aliphatic rings. The van der Waals surface area contributed by atoms with Crippen LogP contribution in [0.4, 0.5) is 8.78 Å². The molecule has 0 fully saturated rings. The second-order valence-corrected chi connectivity index (χ2v) is 6.84. The van der Waals surface area contributed by atoms with Crippen molar-refractivity contribution in [3.63, 3.8) is 0 Å². The third-order valence-corrected chi connectivity index (χ3v) is 4.14. The standard InChI is InChI=1S/C16H20F2N2S/c1-5-19-14(13-10(17)7-6-8-11(13)18)15-20-12(9-21-15)16(2,3)4/h6-9,14,19H,5H2,1-4H3. The average molecular weight is 310 g/mol. The first-order valence-electron chi connectivity index (χ1n) is 6.97. The van der Waals surface area contributed by atoms with Crippen LogP contribution < -0.4 is 5.32 Å². The minimum absolute atomic E-state index is 0.0363. The van der Waals surface area contributed by atoms with E-state index in [-0.39, 0.29) is 11.0 Å². The van der Waals surface area contributed by atoms with E-state index < -0.39 is 17.7 Å². The molecule has 0 aliphatic carbocycles. The molecule has 0 amide bonds. The number of halogens is 2. The lowest BCUT2D eigenvalue weighted by molar-refractivity contribution is 0.506. The van der Waals surface area contributed by atoms with Crippen molar-refractivity contribution in [1.82, 2.24) is 10.3 Å². The van der Waals surface area contributed by atoms with Gasteiger partial charge in [0.15, 0.2) is 0 Å². The van der Waals surface area contributed by atoms with Crippen LogP contribution in [0.5, 0.6) is 0 Å². The van der Waals surface area contributed by atoms with Gasteiger partial charge in [-0.2, -0.15) is 0 Å². The first-order valence-corrected chi connectivity index (χ1v) is 7.85. The molecule has 1 aromatic heterocycles. The molecule has 2 aromatic rings. The van der Waals surface area contributed by atoms with Gasteiger partial charge in [-0.15, -0.1) is 11.3 Å². The van der Waals surface area contributed by atoms with Crippen molar-refractivity contribution >= 4 is 11.3 Å². The van der Waals surface area contributed by atoms with E-state index in [1.807, 2.05) is 12.3 Å². The zero-order valence-electron chi connectivity index (χ0n) is 12.7. The quantitative estimate of drug-likeness (QED) is 0.904. The maximum atomic E-state index is 14.0. The summed E-state index contributed by atoms with van der Waals surface area (Å²) in [7, 11) is 0. The van der Waals surface area contributed by atoms with Crippen molar-refractivity contribution in [3.05, 3.63) is 51.5 Å². The van der Waals surface area contributed by atoms with E-state index in [4.69, 9.17) is 0 Å². The van der Waals surface area contributed by atoms with Gasteiger partial charge in [0.25, 0.3) is 0 Å². The Bertz CT molecular complexity index is 597. The molecule has 0 aliphatic heterocycles. The second-order valence-electron chi connectivity index (χ2n) is 5.95. The average Bonchev–Trinajstić information content (AvgIpc) is 2.86. The number of benzene rings is 1. The Hall–Kier alpha value is -1.33. The molecular formula is C16H20F2N2S. The molecule has 1 aromatic carbocycles. The van der Waals surface area contributed by atoms with Crippen molar-refractivity contribution in [1.29, 1.82) is 0 Å². The van der Waals surface area contributed by atoms with Crippen LogP contribution in [-0.2, 0) is 5.41 Å². The second kappa shape index (κ2) is 6.20. The Morgan fingerprint density at radius 3 is 2.33 bits per heavy atom. The number of thiazole rings is 1. The van der Waals surface area contributed by atoms with Crippen LogP contribution in [0.2, 0.25) is 0 Å². The zero-order valence-corrected chi connectivity index (χ0v) is 13.5. The smallest absolute Gasteiger partial charge is 0.131 e. The lowest BCUT2D eigenvalue weighted by atomic mass is 9.93. The highest BCUT2D eigenvalue weighted by molar-refractivity contribution is 7.09. The molecule has 0 saturated heterocycles. The van der Waals surface area contributed by atoms with E-state index in [1.165, 1.54) is 29.5 Å². The van der Waals surface area contributed by atoms with Crippen LogP contribution in [0.15, 0.2) is 23.6 Å². The number of hydrogen-bond acceptors (Lipinski definition) is 3. The molecule has 1 N–H and O–H groups in total. The Labute approximate surface area is 128 Å². The van der Waals surface area contributed by atoms with Gasteiger partial charge in [0.1, 0.15) is 16.6 Å². The van der Waals surface area contributed by atoms with Gasteiger partial charge in [0.05, 0.1) is 11.7 Å². The largest absolute Gasteiger partial charge is 0.304 e. The van der Waals surface area contributed by atoms with E-state index in [1.54, 1.807) is 0 Å². The number of rotatable bonds is 4. The van der Waals surface area contributed by atoms with E-state index in [9.17, 15) is 8.78 Å². The molecule has 0 radical (unpaired) electrons. The highest BCUT2D eigenvalue weighted by atomic mass is 32.1. The van der Waals surface area contributed by atoms with Crippen LogP contribution in [0.1, 0.15) is 50.0 Å². The summed E-state index contributed by atoms with van der Waals surface area (Å²) in [4.78, 5) is 4.58. The van der Waals surface area contributed by atoms with Gasteiger partial charge in [-0.1, -0.05) is 33.8 Å². The first kappa shape index (κ1) is 16.0. The molecule has 0 bridgehead atoms. The maximum Gasteiger partial charge on any atom is 0.131 e. The monoisotopic (exact) mass is 310 g/mol. The molecule has 114 valence electrons. The normalized spacial score (nSPS) is 13.4. The van der Waals surface area contributed by atoms with Crippen LogP contribution in [0, 0.1) is 11.6 Å². The highest BCUT2D eigenvalue weighted by Crippen LogP contribution is 2.32. The molecule has 2 rings (SSSR count). The Morgan fingerprint density at radius 2 is 1.86 bits per heavy atom. The van der Waals surface area contributed by atoms with Gasteiger partial charge in [0.2, 0.25) is 0 Å². The number of hydrogen-bond donors (Lipinski definition) is 1. The fourth-order valence-electron chi connectivity index (χ4n) is 2.07. The lowest BCUT2D eigenvalue weighted by Crippen LogP contribution is -2.24. The fraction of sp³-hybridized carbons (Fsp3) is 0.438. The summed E-state index contributed by atoms with van der Waals surface area (Å²) in [5.74, 6) is -1.10. The van der Waals surface area contributed by atoms with Crippen LogP contribution in [0.3, 0.4) is 0 Å². The van der Waals surface area contributed by atoms with Crippen LogP contribution in [0.25, 0.3) is 0 Å². The van der Waals surface area contributed by atoms with Gasteiger partial charge in [0, 0.05) is 16.4 Å². The predicted molar refractivity (Wildman–Crippen MR) is 82.7 cm³/mol. The summed E-state index contributed by atoms with van der Waals surface area (Å²) in [6, 6.07) is 3.37. The SMILES string of the molecule is CCNC(c1nc(C(C)(C)C)cs1)c1c(F)cccc1F. The van der Waals surface area contributed by atoms with Crippen molar-refractivity contribution in [2.45, 2.75) is 39.2 Å². The molecule has 21 heavy (non-hydrogen) atoms. The summed E-state index contributed by atoms with van der Waals surface area (Å²) in [5.41, 5.74) is 0.885. The Morgan fingerprint density at radius 1 is 1.24 bits per heavy atom. The molecule has 5 heteroatoms. The van der Waals surface area contributed by atoms with Crippen LogP contribution >= 0.6 is 11.3 Å². The van der Waals surface area contributed by atoms with Crippen molar-refractivity contribution in [3.8, 4) is 0 Å². The lowest BCUT2D eigenvalue weighted by Gasteiger charge is -2.18. The third kappa shape index (κ3) is 3.47. The fourth-order valence-corrected chi connectivity index (χ4v) is 3.20. The molecule has 0 spiro atoms. The third-order valence-electron chi connectivity index (χ3n) is 3.23. The molecule has 1 unspecified atom stereocenters. The summed E-state index contributed by atoms with van der Waals surface area (Å²) >= 11 is 1.43. The topological polar surface area (TPSA) is 24.9 Å². The summed E-state index contributed by atoms with van der Waals surface area (Å²) in [5, 5.41) is 5.77. The van der Waals surface area contributed by atoms with Crippen molar-refractivity contribution in [2.75, 3.05) is 6.54 Å². The Balaban J connectivity index is 2.47.